The highest BCUT2D eigenvalue weighted by molar-refractivity contribution is 5.76. The second-order valence-electron chi connectivity index (χ2n) is 7.66. The van der Waals surface area contributed by atoms with Gasteiger partial charge in [-0.25, -0.2) is 9.97 Å². The van der Waals surface area contributed by atoms with Crippen LogP contribution in [0, 0.1) is 13.8 Å². The van der Waals surface area contributed by atoms with E-state index in [9.17, 15) is 0 Å². The molecule has 0 spiro atoms. The van der Waals surface area contributed by atoms with Crippen LogP contribution in [-0.2, 0) is 6.54 Å². The summed E-state index contributed by atoms with van der Waals surface area (Å²) in [4.78, 5) is 18.9. The van der Waals surface area contributed by atoms with Gasteiger partial charge in [0.15, 0.2) is 0 Å². The number of aromatic nitrogens is 4. The molecule has 0 N–H and O–H groups in total. The molecule has 6 nitrogen and oxygen atoms in total. The van der Waals surface area contributed by atoms with Crippen molar-refractivity contribution in [2.45, 2.75) is 40.3 Å². The van der Waals surface area contributed by atoms with Gasteiger partial charge in [0, 0.05) is 38.4 Å². The minimum Gasteiger partial charge on any atom is -0.353 e. The van der Waals surface area contributed by atoms with Crippen LogP contribution < -0.4 is 4.90 Å². The molecule has 2 aromatic heterocycles. The van der Waals surface area contributed by atoms with E-state index < -0.39 is 0 Å². The Bertz CT molecular complexity index is 937. The van der Waals surface area contributed by atoms with E-state index in [1.54, 1.807) is 0 Å². The molecule has 27 heavy (non-hydrogen) atoms. The van der Waals surface area contributed by atoms with Gasteiger partial charge in [0.2, 0.25) is 0 Å². The molecule has 4 rings (SSSR count). The molecule has 0 bridgehead atoms. The number of aryl methyl sites for hydroxylation is 2. The van der Waals surface area contributed by atoms with Crippen LogP contribution in [0.1, 0.15) is 37.1 Å². The molecule has 0 saturated carbocycles. The summed E-state index contributed by atoms with van der Waals surface area (Å²) in [6.07, 6.45) is 1.84. The lowest BCUT2D eigenvalue weighted by molar-refractivity contribution is 0.239. The van der Waals surface area contributed by atoms with Crippen LogP contribution in [0.25, 0.3) is 11.0 Å². The molecule has 1 aliphatic rings. The third-order valence-corrected chi connectivity index (χ3v) is 5.27. The van der Waals surface area contributed by atoms with E-state index in [1.807, 2.05) is 20.0 Å². The number of hydrogen-bond donors (Lipinski definition) is 0. The number of anilines is 1. The Balaban J connectivity index is 1.49. The molecule has 0 amide bonds. The number of para-hydroxylation sites is 2. The minimum atomic E-state index is 0.402. The Labute approximate surface area is 160 Å². The predicted octanol–water partition coefficient (Wildman–Crippen LogP) is 3.35. The van der Waals surface area contributed by atoms with Crippen LogP contribution in [0.3, 0.4) is 0 Å². The van der Waals surface area contributed by atoms with Crippen LogP contribution in [0.5, 0.6) is 0 Å². The SMILES string of the molecule is Cc1cnc(C)c(N2CCN(Cc3nc4ccccc4n3C(C)C)CC2)n1. The van der Waals surface area contributed by atoms with Crippen molar-refractivity contribution in [1.29, 1.82) is 0 Å². The van der Waals surface area contributed by atoms with Gasteiger partial charge in [-0.15, -0.1) is 0 Å². The molecule has 3 aromatic rings. The summed E-state index contributed by atoms with van der Waals surface area (Å²) in [5.41, 5.74) is 4.30. The second-order valence-corrected chi connectivity index (χ2v) is 7.66. The van der Waals surface area contributed by atoms with E-state index >= 15 is 0 Å². The fourth-order valence-electron chi connectivity index (χ4n) is 3.92. The van der Waals surface area contributed by atoms with E-state index in [4.69, 9.17) is 9.97 Å². The third kappa shape index (κ3) is 3.54. The van der Waals surface area contributed by atoms with Crippen LogP contribution in [-0.4, -0.2) is 50.6 Å². The van der Waals surface area contributed by atoms with E-state index in [-0.39, 0.29) is 0 Å². The Morgan fingerprint density at radius 2 is 1.74 bits per heavy atom. The lowest BCUT2D eigenvalue weighted by atomic mass is 10.2. The second kappa shape index (κ2) is 7.27. The first kappa shape index (κ1) is 17.9. The summed E-state index contributed by atoms with van der Waals surface area (Å²) in [5, 5.41) is 0. The average molecular weight is 364 g/mol. The van der Waals surface area contributed by atoms with Gasteiger partial charge in [-0.3, -0.25) is 9.88 Å². The number of imidazole rings is 1. The smallest absolute Gasteiger partial charge is 0.150 e. The van der Waals surface area contributed by atoms with Gasteiger partial charge in [0.1, 0.15) is 11.6 Å². The lowest BCUT2D eigenvalue weighted by Gasteiger charge is -2.35. The summed E-state index contributed by atoms with van der Waals surface area (Å²) >= 11 is 0. The van der Waals surface area contributed by atoms with Gasteiger partial charge in [0.05, 0.1) is 29.0 Å². The number of fused-ring (bicyclic) bond motifs is 1. The number of hydrogen-bond acceptors (Lipinski definition) is 5. The first-order valence-electron chi connectivity index (χ1n) is 9.76. The molecule has 1 aliphatic heterocycles. The van der Waals surface area contributed by atoms with Crippen molar-refractivity contribution in [1.82, 2.24) is 24.4 Å². The lowest BCUT2D eigenvalue weighted by Crippen LogP contribution is -2.46. The Hall–Kier alpha value is -2.47. The predicted molar refractivity (Wildman–Crippen MR) is 109 cm³/mol. The van der Waals surface area contributed by atoms with E-state index in [2.05, 4.69) is 57.5 Å². The van der Waals surface area contributed by atoms with Crippen molar-refractivity contribution in [3.63, 3.8) is 0 Å². The maximum atomic E-state index is 4.92. The zero-order chi connectivity index (χ0) is 19.0. The Kier molecular flexibility index (Phi) is 4.83. The highest BCUT2D eigenvalue weighted by Gasteiger charge is 2.22. The maximum absolute atomic E-state index is 4.92. The van der Waals surface area contributed by atoms with Crippen molar-refractivity contribution in [2.75, 3.05) is 31.1 Å². The summed E-state index contributed by atoms with van der Waals surface area (Å²) in [6, 6.07) is 8.83. The zero-order valence-corrected chi connectivity index (χ0v) is 16.7. The number of piperazine rings is 1. The molecule has 0 radical (unpaired) electrons. The van der Waals surface area contributed by atoms with Crippen LogP contribution in [0.15, 0.2) is 30.5 Å². The van der Waals surface area contributed by atoms with Crippen molar-refractivity contribution in [2.24, 2.45) is 0 Å². The highest BCUT2D eigenvalue weighted by atomic mass is 15.3. The molecule has 1 aromatic carbocycles. The van der Waals surface area contributed by atoms with E-state index in [1.165, 1.54) is 5.52 Å². The zero-order valence-electron chi connectivity index (χ0n) is 16.7. The molecule has 1 fully saturated rings. The molecule has 6 heteroatoms. The van der Waals surface area contributed by atoms with Crippen LogP contribution in [0.2, 0.25) is 0 Å². The van der Waals surface area contributed by atoms with Gasteiger partial charge in [-0.2, -0.15) is 0 Å². The molecule has 3 heterocycles. The quantitative estimate of drug-likeness (QED) is 0.711. The minimum absolute atomic E-state index is 0.402. The summed E-state index contributed by atoms with van der Waals surface area (Å²) in [7, 11) is 0. The molecular weight excluding hydrogens is 336 g/mol. The van der Waals surface area contributed by atoms with E-state index in [0.717, 1.165) is 61.3 Å². The molecule has 0 unspecified atom stereocenters. The van der Waals surface area contributed by atoms with Gasteiger partial charge in [-0.05, 0) is 39.8 Å². The Morgan fingerprint density at radius 1 is 1.00 bits per heavy atom. The fourth-order valence-corrected chi connectivity index (χ4v) is 3.92. The summed E-state index contributed by atoms with van der Waals surface area (Å²) in [5.74, 6) is 2.19. The van der Waals surface area contributed by atoms with Gasteiger partial charge < -0.3 is 9.47 Å². The van der Waals surface area contributed by atoms with Gasteiger partial charge in [-0.1, -0.05) is 12.1 Å². The normalized spacial score (nSPS) is 15.8. The monoisotopic (exact) mass is 364 g/mol. The number of rotatable bonds is 4. The summed E-state index contributed by atoms with van der Waals surface area (Å²) in [6.45, 7) is 13.4. The first-order chi connectivity index (χ1) is 13.0. The average Bonchev–Trinajstić information content (AvgIpc) is 3.02. The molecule has 0 aliphatic carbocycles. The summed E-state index contributed by atoms with van der Waals surface area (Å²) < 4.78 is 2.37. The molecule has 1 saturated heterocycles. The third-order valence-electron chi connectivity index (χ3n) is 5.27. The van der Waals surface area contributed by atoms with Crippen molar-refractivity contribution >= 4 is 16.9 Å². The van der Waals surface area contributed by atoms with E-state index in [0.29, 0.717) is 6.04 Å². The van der Waals surface area contributed by atoms with Gasteiger partial charge in [0.25, 0.3) is 0 Å². The fraction of sp³-hybridized carbons (Fsp3) is 0.476. The largest absolute Gasteiger partial charge is 0.353 e. The molecule has 142 valence electrons. The molecular formula is C21H28N6. The first-order valence-corrected chi connectivity index (χ1v) is 9.76. The highest BCUT2D eigenvalue weighted by Crippen LogP contribution is 2.23. The van der Waals surface area contributed by atoms with Crippen molar-refractivity contribution in [3.8, 4) is 0 Å². The number of benzene rings is 1. The van der Waals surface area contributed by atoms with Crippen LogP contribution in [0.4, 0.5) is 5.82 Å². The Morgan fingerprint density at radius 3 is 2.48 bits per heavy atom. The van der Waals surface area contributed by atoms with Gasteiger partial charge >= 0.3 is 0 Å². The molecule has 0 atom stereocenters. The standard InChI is InChI=1S/C21H28N6/c1-15(2)27-19-8-6-5-7-18(19)24-20(27)14-25-9-11-26(12-10-25)21-17(4)22-13-16(3)23-21/h5-8,13,15H,9-12,14H2,1-4H3. The van der Waals surface area contributed by atoms with Crippen molar-refractivity contribution in [3.05, 3.63) is 47.7 Å². The van der Waals surface area contributed by atoms with Crippen molar-refractivity contribution < 1.29 is 0 Å². The van der Waals surface area contributed by atoms with Crippen LogP contribution >= 0.6 is 0 Å². The topological polar surface area (TPSA) is 50.1 Å². The maximum Gasteiger partial charge on any atom is 0.150 e. The number of nitrogens with zero attached hydrogens (tertiary/aromatic N) is 6.